The molecule has 2 aromatic rings. The van der Waals surface area contributed by atoms with Gasteiger partial charge in [-0.25, -0.2) is 4.79 Å². The summed E-state index contributed by atoms with van der Waals surface area (Å²) in [5.74, 6) is -0.733. The molecule has 0 aromatic heterocycles. The van der Waals surface area contributed by atoms with Crippen molar-refractivity contribution in [3.8, 4) is 0 Å². The van der Waals surface area contributed by atoms with Crippen molar-refractivity contribution in [3.05, 3.63) is 66.2 Å². The molecule has 1 saturated heterocycles. The van der Waals surface area contributed by atoms with E-state index in [0.717, 1.165) is 12.8 Å². The first-order valence-electron chi connectivity index (χ1n) is 9.76. The molecule has 3 amide bonds. The number of likely N-dealkylation sites (tertiary alicyclic amines) is 1. The Kier molecular flexibility index (Phi) is 7.22. The van der Waals surface area contributed by atoms with Crippen LogP contribution in [0.15, 0.2) is 60.7 Å². The largest absolute Gasteiger partial charge is 0.447 e. The van der Waals surface area contributed by atoms with Gasteiger partial charge >= 0.3 is 12.0 Å². The van der Waals surface area contributed by atoms with Crippen molar-refractivity contribution in [2.45, 2.75) is 25.4 Å². The molecule has 1 aliphatic heterocycles. The molecular formula is C22H25N3O4. The number of esters is 1. The number of para-hydroxylation sites is 1. The number of nitrogens with zero attached hydrogens (tertiary/aromatic N) is 1. The molecule has 1 heterocycles. The predicted octanol–water partition coefficient (Wildman–Crippen LogP) is 3.11. The van der Waals surface area contributed by atoms with E-state index >= 15 is 0 Å². The molecule has 0 aliphatic carbocycles. The van der Waals surface area contributed by atoms with Crippen molar-refractivity contribution >= 4 is 23.6 Å². The van der Waals surface area contributed by atoms with Crippen molar-refractivity contribution in [1.29, 1.82) is 0 Å². The summed E-state index contributed by atoms with van der Waals surface area (Å²) >= 11 is 0. The summed E-state index contributed by atoms with van der Waals surface area (Å²) in [6.45, 7) is 1.47. The zero-order chi connectivity index (χ0) is 20.5. The van der Waals surface area contributed by atoms with Crippen LogP contribution in [-0.4, -0.2) is 42.4 Å². The molecule has 3 rings (SSSR count). The highest BCUT2D eigenvalue weighted by molar-refractivity contribution is 5.89. The molecule has 1 aliphatic rings. The molecule has 0 spiro atoms. The van der Waals surface area contributed by atoms with Gasteiger partial charge in [0.2, 0.25) is 6.10 Å². The summed E-state index contributed by atoms with van der Waals surface area (Å²) in [7, 11) is 0. The van der Waals surface area contributed by atoms with Crippen molar-refractivity contribution in [3.63, 3.8) is 0 Å². The number of nitrogens with one attached hydrogen (secondary N) is 2. The molecule has 1 atom stereocenters. The van der Waals surface area contributed by atoms with Gasteiger partial charge in [0, 0.05) is 30.9 Å². The fraction of sp³-hybridized carbons (Fsp3) is 0.318. The van der Waals surface area contributed by atoms with E-state index in [1.54, 1.807) is 29.2 Å². The Balaban J connectivity index is 1.51. The number of anilines is 1. The molecular weight excluding hydrogens is 370 g/mol. The summed E-state index contributed by atoms with van der Waals surface area (Å²) in [5, 5.41) is 5.29. The Morgan fingerprint density at radius 1 is 0.931 bits per heavy atom. The van der Waals surface area contributed by atoms with E-state index in [4.69, 9.17) is 4.74 Å². The van der Waals surface area contributed by atoms with Crippen molar-refractivity contribution in [2.24, 2.45) is 0 Å². The van der Waals surface area contributed by atoms with Crippen LogP contribution in [0.2, 0.25) is 0 Å². The summed E-state index contributed by atoms with van der Waals surface area (Å²) in [6, 6.07) is 17.6. The first-order chi connectivity index (χ1) is 14.1. The van der Waals surface area contributed by atoms with E-state index < -0.39 is 18.1 Å². The van der Waals surface area contributed by atoms with Gasteiger partial charge in [-0.05, 0) is 25.0 Å². The van der Waals surface area contributed by atoms with Gasteiger partial charge in [0.15, 0.2) is 0 Å². The van der Waals surface area contributed by atoms with Gasteiger partial charge in [-0.1, -0.05) is 48.5 Å². The minimum atomic E-state index is -0.958. The smallest absolute Gasteiger partial charge is 0.319 e. The van der Waals surface area contributed by atoms with Crippen LogP contribution in [0.25, 0.3) is 0 Å². The number of ether oxygens (including phenoxy) is 1. The van der Waals surface area contributed by atoms with Crippen LogP contribution in [0.5, 0.6) is 0 Å². The molecule has 1 fully saturated rings. The van der Waals surface area contributed by atoms with Crippen molar-refractivity contribution < 1.29 is 19.1 Å². The third kappa shape index (κ3) is 6.07. The second-order valence-electron chi connectivity index (χ2n) is 6.81. The second kappa shape index (κ2) is 10.3. The first kappa shape index (κ1) is 20.4. The van der Waals surface area contributed by atoms with E-state index in [0.29, 0.717) is 24.3 Å². The second-order valence-corrected chi connectivity index (χ2v) is 6.81. The maximum Gasteiger partial charge on any atom is 0.319 e. The Morgan fingerprint density at radius 2 is 1.55 bits per heavy atom. The van der Waals surface area contributed by atoms with Gasteiger partial charge < -0.3 is 20.3 Å². The Morgan fingerprint density at radius 3 is 2.21 bits per heavy atom. The fourth-order valence-corrected chi connectivity index (χ4v) is 3.16. The number of carbonyl (C=O) groups is 3. The summed E-state index contributed by atoms with van der Waals surface area (Å²) < 4.78 is 5.51. The maximum absolute atomic E-state index is 12.8. The van der Waals surface area contributed by atoms with Crippen LogP contribution < -0.4 is 10.6 Å². The van der Waals surface area contributed by atoms with Crippen LogP contribution >= 0.6 is 0 Å². The van der Waals surface area contributed by atoms with Crippen molar-refractivity contribution in [2.75, 3.05) is 25.0 Å². The molecule has 152 valence electrons. The topological polar surface area (TPSA) is 87.7 Å². The van der Waals surface area contributed by atoms with Gasteiger partial charge in [0.25, 0.3) is 5.91 Å². The van der Waals surface area contributed by atoms with E-state index in [-0.39, 0.29) is 18.9 Å². The van der Waals surface area contributed by atoms with Crippen LogP contribution in [0.1, 0.15) is 30.9 Å². The molecule has 0 bridgehead atoms. The van der Waals surface area contributed by atoms with Gasteiger partial charge in [0.05, 0.1) is 6.42 Å². The number of rotatable bonds is 7. The summed E-state index contributed by atoms with van der Waals surface area (Å²) in [6.07, 6.45) is 0.933. The Labute approximate surface area is 170 Å². The van der Waals surface area contributed by atoms with E-state index in [9.17, 15) is 14.4 Å². The monoisotopic (exact) mass is 395 g/mol. The lowest BCUT2D eigenvalue weighted by molar-refractivity contribution is -0.160. The van der Waals surface area contributed by atoms with Crippen LogP contribution in [-0.2, 0) is 14.3 Å². The highest BCUT2D eigenvalue weighted by Gasteiger charge is 2.30. The third-order valence-electron chi connectivity index (χ3n) is 4.64. The number of hydrogen-bond acceptors (Lipinski definition) is 4. The first-order valence-corrected chi connectivity index (χ1v) is 9.76. The summed E-state index contributed by atoms with van der Waals surface area (Å²) in [4.78, 5) is 38.8. The quantitative estimate of drug-likeness (QED) is 0.705. The lowest BCUT2D eigenvalue weighted by Crippen LogP contribution is -2.35. The van der Waals surface area contributed by atoms with Gasteiger partial charge in [-0.15, -0.1) is 0 Å². The summed E-state index contributed by atoms with van der Waals surface area (Å²) in [5.41, 5.74) is 1.31. The third-order valence-corrected chi connectivity index (χ3v) is 4.64. The lowest BCUT2D eigenvalue weighted by atomic mass is 10.1. The number of urea groups is 1. The molecule has 29 heavy (non-hydrogen) atoms. The Bertz CT molecular complexity index is 820. The van der Waals surface area contributed by atoms with Crippen LogP contribution in [0.4, 0.5) is 10.5 Å². The van der Waals surface area contributed by atoms with Gasteiger partial charge in [0.1, 0.15) is 0 Å². The average Bonchev–Trinajstić information content (AvgIpc) is 3.28. The highest BCUT2D eigenvalue weighted by atomic mass is 16.5. The number of benzene rings is 2. The predicted molar refractivity (Wildman–Crippen MR) is 109 cm³/mol. The van der Waals surface area contributed by atoms with Crippen LogP contribution in [0, 0.1) is 0 Å². The zero-order valence-electron chi connectivity index (χ0n) is 16.2. The lowest BCUT2D eigenvalue weighted by Gasteiger charge is -2.23. The standard InChI is InChI=1S/C22H25N3O4/c26-19(13-14-23-22(28)24-18-11-5-2-6-12-18)29-20(17-9-3-1-4-10-17)21(27)25-15-7-8-16-25/h1-6,9-12,20H,7-8,13-16H2,(H2,23,24,28)/t20-/m0/s1. The number of carbonyl (C=O) groups excluding carboxylic acids is 3. The molecule has 7 heteroatoms. The molecule has 2 aromatic carbocycles. The fourth-order valence-electron chi connectivity index (χ4n) is 3.16. The SMILES string of the molecule is O=C(NCCC(=O)O[C@H](C(=O)N1CCCC1)c1ccccc1)Nc1ccccc1. The highest BCUT2D eigenvalue weighted by Crippen LogP contribution is 2.23. The number of hydrogen-bond donors (Lipinski definition) is 2. The maximum atomic E-state index is 12.8. The molecule has 2 N–H and O–H groups in total. The zero-order valence-corrected chi connectivity index (χ0v) is 16.2. The normalized spacial score (nSPS) is 14.1. The molecule has 7 nitrogen and oxygen atoms in total. The average molecular weight is 395 g/mol. The van der Waals surface area contributed by atoms with Gasteiger partial charge in [-0.3, -0.25) is 9.59 Å². The number of amides is 3. The minimum absolute atomic E-state index is 0.0289. The molecule has 0 unspecified atom stereocenters. The van der Waals surface area contributed by atoms with Gasteiger partial charge in [-0.2, -0.15) is 0 Å². The minimum Gasteiger partial charge on any atom is -0.447 e. The van der Waals surface area contributed by atoms with E-state index in [1.807, 2.05) is 36.4 Å². The van der Waals surface area contributed by atoms with Crippen molar-refractivity contribution in [1.82, 2.24) is 10.2 Å². The molecule has 0 saturated carbocycles. The molecule has 0 radical (unpaired) electrons. The van der Waals surface area contributed by atoms with E-state index in [2.05, 4.69) is 10.6 Å². The van der Waals surface area contributed by atoms with E-state index in [1.165, 1.54) is 0 Å². The Hall–Kier alpha value is -3.35. The van der Waals surface area contributed by atoms with Crippen LogP contribution in [0.3, 0.4) is 0 Å².